The average molecular weight is 280 g/mol. The van der Waals surface area contributed by atoms with Crippen LogP contribution in [0.4, 0.5) is 0 Å². The number of ether oxygens (including phenoxy) is 2. The molecule has 0 saturated heterocycles. The standard InChI is InChI=1S/C10H16O7S/c1-3-16-9(12)5-8(11)6-18(14,15)7-10(13)17-4-2/h3-7H2,1-2H3. The fourth-order valence-corrected chi connectivity index (χ4v) is 2.24. The number of carbonyl (C=O) groups is 3. The summed E-state index contributed by atoms with van der Waals surface area (Å²) in [6.45, 7) is 3.28. The van der Waals surface area contributed by atoms with Crippen LogP contribution in [0.3, 0.4) is 0 Å². The molecule has 0 bridgehead atoms. The summed E-state index contributed by atoms with van der Waals surface area (Å²) in [6, 6.07) is 0. The van der Waals surface area contributed by atoms with E-state index >= 15 is 0 Å². The molecule has 18 heavy (non-hydrogen) atoms. The molecule has 0 unspecified atom stereocenters. The van der Waals surface area contributed by atoms with Gasteiger partial charge in [0.1, 0.15) is 17.9 Å². The summed E-state index contributed by atoms with van der Waals surface area (Å²) < 4.78 is 31.7. The van der Waals surface area contributed by atoms with Gasteiger partial charge in [-0.05, 0) is 13.8 Å². The number of rotatable bonds is 8. The van der Waals surface area contributed by atoms with Crippen LogP contribution < -0.4 is 0 Å². The second-order valence-electron chi connectivity index (χ2n) is 3.36. The minimum atomic E-state index is -3.89. The van der Waals surface area contributed by atoms with E-state index in [-0.39, 0.29) is 13.2 Å². The molecular formula is C10H16O7S. The summed E-state index contributed by atoms with van der Waals surface area (Å²) >= 11 is 0. The molecule has 0 heterocycles. The highest BCUT2D eigenvalue weighted by Gasteiger charge is 2.23. The van der Waals surface area contributed by atoms with Crippen LogP contribution in [0.1, 0.15) is 20.3 Å². The normalized spacial score (nSPS) is 10.8. The van der Waals surface area contributed by atoms with Crippen LogP contribution in [0.5, 0.6) is 0 Å². The zero-order chi connectivity index (χ0) is 14.2. The van der Waals surface area contributed by atoms with Crippen molar-refractivity contribution < 1.29 is 32.3 Å². The maximum absolute atomic E-state index is 11.4. The maximum Gasteiger partial charge on any atom is 0.321 e. The van der Waals surface area contributed by atoms with Crippen LogP contribution in [0.25, 0.3) is 0 Å². The van der Waals surface area contributed by atoms with E-state index in [0.717, 1.165) is 0 Å². The van der Waals surface area contributed by atoms with Gasteiger partial charge in [-0.25, -0.2) is 8.42 Å². The first kappa shape index (κ1) is 16.6. The highest BCUT2D eigenvalue weighted by atomic mass is 32.2. The predicted octanol–water partition coefficient (Wildman–Crippen LogP) is -0.513. The maximum atomic E-state index is 11.4. The highest BCUT2D eigenvalue weighted by Crippen LogP contribution is 1.98. The first-order chi connectivity index (χ1) is 8.30. The van der Waals surface area contributed by atoms with Crippen LogP contribution in [-0.2, 0) is 33.7 Å². The van der Waals surface area contributed by atoms with Crippen LogP contribution in [-0.4, -0.2) is 50.9 Å². The Bertz CT molecular complexity index is 410. The lowest BCUT2D eigenvalue weighted by atomic mass is 10.3. The van der Waals surface area contributed by atoms with Crippen molar-refractivity contribution >= 4 is 27.6 Å². The summed E-state index contributed by atoms with van der Waals surface area (Å²) in [5.41, 5.74) is 0. The molecule has 0 radical (unpaired) electrons. The topological polar surface area (TPSA) is 104 Å². The van der Waals surface area contributed by atoms with Gasteiger partial charge in [-0.15, -0.1) is 0 Å². The lowest BCUT2D eigenvalue weighted by molar-refractivity contribution is -0.145. The van der Waals surface area contributed by atoms with E-state index in [4.69, 9.17) is 0 Å². The number of ketones is 1. The van der Waals surface area contributed by atoms with Gasteiger partial charge in [0.15, 0.2) is 15.6 Å². The summed E-state index contributed by atoms with van der Waals surface area (Å²) in [7, 11) is -3.89. The quantitative estimate of drug-likeness (QED) is 0.435. The summed E-state index contributed by atoms with van der Waals surface area (Å²) in [5.74, 6) is -4.24. The molecule has 0 amide bonds. The van der Waals surface area contributed by atoms with Gasteiger partial charge >= 0.3 is 11.9 Å². The molecule has 0 aromatic rings. The van der Waals surface area contributed by atoms with Gasteiger partial charge in [0.25, 0.3) is 0 Å². The number of carbonyl (C=O) groups excluding carboxylic acids is 3. The molecule has 0 aromatic carbocycles. The molecule has 0 aliphatic heterocycles. The van der Waals surface area contributed by atoms with Crippen molar-refractivity contribution in [2.24, 2.45) is 0 Å². The van der Waals surface area contributed by atoms with Crippen molar-refractivity contribution in [3.8, 4) is 0 Å². The monoisotopic (exact) mass is 280 g/mol. The van der Waals surface area contributed by atoms with Crippen LogP contribution in [0.15, 0.2) is 0 Å². The van der Waals surface area contributed by atoms with Crippen molar-refractivity contribution in [3.05, 3.63) is 0 Å². The molecule has 0 aliphatic carbocycles. The van der Waals surface area contributed by atoms with Gasteiger partial charge in [-0.1, -0.05) is 0 Å². The number of Topliss-reactive ketones (excluding diaryl/α,β-unsaturated/α-hetero) is 1. The van der Waals surface area contributed by atoms with Gasteiger partial charge in [0.05, 0.1) is 13.2 Å². The summed E-state index contributed by atoms with van der Waals surface area (Å²) in [4.78, 5) is 33.1. The Morgan fingerprint density at radius 1 is 0.889 bits per heavy atom. The molecule has 0 spiro atoms. The van der Waals surface area contributed by atoms with Gasteiger partial charge in [0, 0.05) is 0 Å². The van der Waals surface area contributed by atoms with E-state index in [1.165, 1.54) is 6.92 Å². The van der Waals surface area contributed by atoms with E-state index in [1.54, 1.807) is 6.92 Å². The Balaban J connectivity index is 4.28. The molecule has 8 heteroatoms. The van der Waals surface area contributed by atoms with Gasteiger partial charge < -0.3 is 9.47 Å². The fourth-order valence-electron chi connectivity index (χ4n) is 1.10. The van der Waals surface area contributed by atoms with E-state index < -0.39 is 45.5 Å². The van der Waals surface area contributed by atoms with Crippen LogP contribution in [0, 0.1) is 0 Å². The molecular weight excluding hydrogens is 264 g/mol. The van der Waals surface area contributed by atoms with E-state index in [1.807, 2.05) is 0 Å². The van der Waals surface area contributed by atoms with Crippen molar-refractivity contribution in [2.45, 2.75) is 20.3 Å². The largest absolute Gasteiger partial charge is 0.466 e. The molecule has 0 atom stereocenters. The first-order valence-electron chi connectivity index (χ1n) is 5.34. The molecule has 0 saturated carbocycles. The fraction of sp³-hybridized carbons (Fsp3) is 0.700. The Labute approximate surface area is 105 Å². The molecule has 0 aromatic heterocycles. The Morgan fingerprint density at radius 3 is 1.89 bits per heavy atom. The number of esters is 2. The summed E-state index contributed by atoms with van der Waals surface area (Å²) in [5, 5.41) is 0. The molecule has 0 aliphatic rings. The summed E-state index contributed by atoms with van der Waals surface area (Å²) in [6.07, 6.45) is -0.615. The highest BCUT2D eigenvalue weighted by molar-refractivity contribution is 7.92. The van der Waals surface area contributed by atoms with Crippen LogP contribution in [0.2, 0.25) is 0 Å². The molecule has 0 rings (SSSR count). The van der Waals surface area contributed by atoms with Gasteiger partial charge in [0.2, 0.25) is 0 Å². The lowest BCUT2D eigenvalue weighted by Crippen LogP contribution is -2.26. The lowest BCUT2D eigenvalue weighted by Gasteiger charge is -2.04. The smallest absolute Gasteiger partial charge is 0.321 e. The molecule has 0 N–H and O–H groups in total. The Morgan fingerprint density at radius 2 is 1.39 bits per heavy atom. The minimum Gasteiger partial charge on any atom is -0.466 e. The second-order valence-corrected chi connectivity index (χ2v) is 5.42. The van der Waals surface area contributed by atoms with E-state index in [9.17, 15) is 22.8 Å². The number of hydrogen-bond acceptors (Lipinski definition) is 7. The zero-order valence-corrected chi connectivity index (χ0v) is 11.1. The Kier molecular flexibility index (Phi) is 7.18. The van der Waals surface area contributed by atoms with Gasteiger partial charge in [-0.2, -0.15) is 0 Å². The van der Waals surface area contributed by atoms with E-state index in [0.29, 0.717) is 0 Å². The number of hydrogen-bond donors (Lipinski definition) is 0. The van der Waals surface area contributed by atoms with Crippen molar-refractivity contribution in [1.82, 2.24) is 0 Å². The zero-order valence-electron chi connectivity index (χ0n) is 10.3. The van der Waals surface area contributed by atoms with Crippen molar-refractivity contribution in [2.75, 3.05) is 24.7 Å². The Hall–Kier alpha value is -1.44. The van der Waals surface area contributed by atoms with E-state index in [2.05, 4.69) is 9.47 Å². The predicted molar refractivity (Wildman–Crippen MR) is 61.5 cm³/mol. The first-order valence-corrected chi connectivity index (χ1v) is 7.16. The minimum absolute atomic E-state index is 0.0606. The molecule has 7 nitrogen and oxygen atoms in total. The SMILES string of the molecule is CCOC(=O)CC(=O)CS(=O)(=O)CC(=O)OCC. The molecule has 0 fully saturated rings. The third-order valence-electron chi connectivity index (χ3n) is 1.67. The molecule has 104 valence electrons. The number of sulfone groups is 1. The third-order valence-corrected chi connectivity index (χ3v) is 3.11. The van der Waals surface area contributed by atoms with Gasteiger partial charge in [-0.3, -0.25) is 14.4 Å². The third kappa shape index (κ3) is 7.77. The van der Waals surface area contributed by atoms with Crippen molar-refractivity contribution in [1.29, 1.82) is 0 Å². The average Bonchev–Trinajstić information content (AvgIpc) is 2.14. The van der Waals surface area contributed by atoms with Crippen LogP contribution >= 0.6 is 0 Å². The second kappa shape index (κ2) is 7.80. The van der Waals surface area contributed by atoms with Crippen molar-refractivity contribution in [3.63, 3.8) is 0 Å².